The highest BCUT2D eigenvalue weighted by atomic mass is 16.5. The number of amides is 1. The molecule has 1 saturated heterocycles. The largest absolute Gasteiger partial charge is 0.368 e. The maximum atomic E-state index is 12.7. The van der Waals surface area contributed by atoms with E-state index in [4.69, 9.17) is 4.74 Å². The van der Waals surface area contributed by atoms with Gasteiger partial charge >= 0.3 is 0 Å². The number of aromatic nitrogens is 5. The van der Waals surface area contributed by atoms with Crippen molar-refractivity contribution in [2.45, 2.75) is 6.10 Å². The summed E-state index contributed by atoms with van der Waals surface area (Å²) < 4.78 is 7.49. The molecule has 0 spiro atoms. The van der Waals surface area contributed by atoms with E-state index >= 15 is 0 Å². The number of rotatable bonds is 3. The van der Waals surface area contributed by atoms with Gasteiger partial charge in [-0.15, -0.1) is 0 Å². The molecule has 26 heavy (non-hydrogen) atoms. The van der Waals surface area contributed by atoms with E-state index in [1.807, 2.05) is 18.2 Å². The molecule has 1 unspecified atom stereocenters. The van der Waals surface area contributed by atoms with Crippen molar-refractivity contribution in [2.75, 3.05) is 19.7 Å². The first-order chi connectivity index (χ1) is 12.7. The fourth-order valence-electron chi connectivity index (χ4n) is 2.95. The Morgan fingerprint density at radius 2 is 2.08 bits per heavy atom. The summed E-state index contributed by atoms with van der Waals surface area (Å²) in [6, 6.07) is 5.75. The number of carbonyl (C=O) groups excluding carboxylic acids is 1. The molecule has 0 bridgehead atoms. The third kappa shape index (κ3) is 3.31. The summed E-state index contributed by atoms with van der Waals surface area (Å²) >= 11 is 0. The normalized spacial score (nSPS) is 17.3. The van der Waals surface area contributed by atoms with E-state index in [9.17, 15) is 4.79 Å². The van der Waals surface area contributed by atoms with Crippen molar-refractivity contribution in [3.8, 4) is 11.3 Å². The van der Waals surface area contributed by atoms with Crippen molar-refractivity contribution in [3.63, 3.8) is 0 Å². The van der Waals surface area contributed by atoms with Crippen LogP contribution in [0.1, 0.15) is 22.2 Å². The third-order valence-corrected chi connectivity index (χ3v) is 4.26. The molecule has 8 nitrogen and oxygen atoms in total. The Morgan fingerprint density at radius 3 is 2.85 bits per heavy atom. The highest BCUT2D eigenvalue weighted by Crippen LogP contribution is 2.24. The number of hydrogen-bond donors (Lipinski definition) is 0. The highest BCUT2D eigenvalue weighted by Gasteiger charge is 2.27. The molecule has 0 N–H and O–H groups in total. The predicted molar refractivity (Wildman–Crippen MR) is 93.1 cm³/mol. The average Bonchev–Trinajstić information content (AvgIpc) is 3.14. The number of morpholine rings is 1. The van der Waals surface area contributed by atoms with E-state index in [0.717, 1.165) is 17.0 Å². The Bertz CT molecular complexity index is 911. The summed E-state index contributed by atoms with van der Waals surface area (Å²) in [6.07, 6.45) is 7.97. The second-order valence-electron chi connectivity index (χ2n) is 6.09. The van der Waals surface area contributed by atoms with E-state index < -0.39 is 0 Å². The van der Waals surface area contributed by atoms with E-state index in [-0.39, 0.29) is 12.0 Å². The van der Waals surface area contributed by atoms with E-state index in [2.05, 4.69) is 20.1 Å². The summed E-state index contributed by atoms with van der Waals surface area (Å²) in [5.41, 5.74) is 2.99. The standard InChI is InChI=1S/C18H18N6O2/c1-23-10-14(9-21-23)18(25)24-5-6-26-17(11-24)16-4-2-3-15(22-16)13-7-19-12-20-8-13/h2-4,7-10,12,17H,5-6,11H2,1H3. The molecule has 4 heterocycles. The van der Waals surface area contributed by atoms with Crippen molar-refractivity contribution in [1.29, 1.82) is 0 Å². The maximum Gasteiger partial charge on any atom is 0.257 e. The maximum absolute atomic E-state index is 12.7. The molecule has 3 aromatic rings. The summed E-state index contributed by atoms with van der Waals surface area (Å²) in [5, 5.41) is 4.07. The van der Waals surface area contributed by atoms with Gasteiger partial charge in [-0.25, -0.2) is 15.0 Å². The SMILES string of the molecule is Cn1cc(C(=O)N2CCOC(c3cccc(-c4cncnc4)n3)C2)cn1. The topological polar surface area (TPSA) is 86.0 Å². The summed E-state index contributed by atoms with van der Waals surface area (Å²) in [6.45, 7) is 1.48. The fraction of sp³-hybridized carbons (Fsp3) is 0.278. The fourth-order valence-corrected chi connectivity index (χ4v) is 2.95. The van der Waals surface area contributed by atoms with E-state index in [1.54, 1.807) is 41.4 Å². The molecular weight excluding hydrogens is 332 g/mol. The molecule has 1 aliphatic heterocycles. The molecule has 0 saturated carbocycles. The first-order valence-corrected chi connectivity index (χ1v) is 8.32. The molecule has 1 fully saturated rings. The molecule has 8 heteroatoms. The van der Waals surface area contributed by atoms with Crippen LogP contribution in [0.5, 0.6) is 0 Å². The van der Waals surface area contributed by atoms with Crippen LogP contribution in [-0.2, 0) is 11.8 Å². The lowest BCUT2D eigenvalue weighted by Crippen LogP contribution is -2.42. The number of nitrogens with zero attached hydrogens (tertiary/aromatic N) is 6. The van der Waals surface area contributed by atoms with Gasteiger partial charge in [0, 0.05) is 37.7 Å². The van der Waals surface area contributed by atoms with Crippen LogP contribution in [0.3, 0.4) is 0 Å². The number of hydrogen-bond acceptors (Lipinski definition) is 6. The van der Waals surface area contributed by atoms with Gasteiger partial charge < -0.3 is 9.64 Å². The monoisotopic (exact) mass is 350 g/mol. The summed E-state index contributed by atoms with van der Waals surface area (Å²) in [5.74, 6) is -0.0426. The number of pyridine rings is 1. The van der Waals surface area contributed by atoms with E-state index in [0.29, 0.717) is 25.3 Å². The molecule has 3 aromatic heterocycles. The van der Waals surface area contributed by atoms with Crippen LogP contribution in [0.25, 0.3) is 11.3 Å². The molecule has 132 valence electrons. The van der Waals surface area contributed by atoms with Gasteiger partial charge in [0.15, 0.2) is 0 Å². The molecule has 1 aliphatic rings. The Labute approximate surface area is 150 Å². The van der Waals surface area contributed by atoms with Crippen LogP contribution in [0.15, 0.2) is 49.3 Å². The Kier molecular flexibility index (Phi) is 4.40. The Hall–Kier alpha value is -3.13. The van der Waals surface area contributed by atoms with Crippen molar-refractivity contribution in [2.24, 2.45) is 7.05 Å². The predicted octanol–water partition coefficient (Wildman–Crippen LogP) is 1.49. The van der Waals surface area contributed by atoms with Crippen LogP contribution in [0, 0.1) is 0 Å². The molecule has 1 atom stereocenters. The van der Waals surface area contributed by atoms with Crippen LogP contribution in [0.4, 0.5) is 0 Å². The van der Waals surface area contributed by atoms with Crippen LogP contribution in [0.2, 0.25) is 0 Å². The van der Waals surface area contributed by atoms with Crippen molar-refractivity contribution < 1.29 is 9.53 Å². The number of aryl methyl sites for hydroxylation is 1. The minimum absolute atomic E-state index is 0.0426. The van der Waals surface area contributed by atoms with Crippen LogP contribution < -0.4 is 0 Å². The number of ether oxygens (including phenoxy) is 1. The third-order valence-electron chi connectivity index (χ3n) is 4.26. The first-order valence-electron chi connectivity index (χ1n) is 8.32. The van der Waals surface area contributed by atoms with E-state index in [1.165, 1.54) is 6.33 Å². The zero-order chi connectivity index (χ0) is 17.9. The lowest BCUT2D eigenvalue weighted by molar-refractivity contribution is -0.0246. The number of carbonyl (C=O) groups is 1. The zero-order valence-electron chi connectivity index (χ0n) is 14.3. The highest BCUT2D eigenvalue weighted by molar-refractivity contribution is 5.93. The molecular formula is C18H18N6O2. The zero-order valence-corrected chi connectivity index (χ0v) is 14.3. The Morgan fingerprint density at radius 1 is 1.23 bits per heavy atom. The second kappa shape index (κ2) is 7.01. The molecule has 0 aliphatic carbocycles. The lowest BCUT2D eigenvalue weighted by Gasteiger charge is -2.32. The van der Waals surface area contributed by atoms with Crippen molar-refractivity contribution in [1.82, 2.24) is 29.6 Å². The average molecular weight is 350 g/mol. The van der Waals surface area contributed by atoms with Crippen LogP contribution >= 0.6 is 0 Å². The van der Waals surface area contributed by atoms with Gasteiger partial charge in [0.1, 0.15) is 12.4 Å². The van der Waals surface area contributed by atoms with Gasteiger partial charge in [0.05, 0.1) is 36.3 Å². The van der Waals surface area contributed by atoms with Gasteiger partial charge in [-0.1, -0.05) is 6.07 Å². The first kappa shape index (κ1) is 16.3. The molecule has 0 radical (unpaired) electrons. The quantitative estimate of drug-likeness (QED) is 0.711. The summed E-state index contributed by atoms with van der Waals surface area (Å²) in [7, 11) is 1.79. The summed E-state index contributed by atoms with van der Waals surface area (Å²) in [4.78, 5) is 27.2. The van der Waals surface area contributed by atoms with Crippen LogP contribution in [-0.4, -0.2) is 55.2 Å². The van der Waals surface area contributed by atoms with Crippen molar-refractivity contribution in [3.05, 3.63) is 60.6 Å². The van der Waals surface area contributed by atoms with Gasteiger partial charge in [-0.2, -0.15) is 5.10 Å². The smallest absolute Gasteiger partial charge is 0.257 e. The minimum Gasteiger partial charge on any atom is -0.368 e. The minimum atomic E-state index is -0.269. The molecule has 4 rings (SSSR count). The van der Waals surface area contributed by atoms with Gasteiger partial charge in [-0.05, 0) is 12.1 Å². The lowest BCUT2D eigenvalue weighted by atomic mass is 10.1. The van der Waals surface area contributed by atoms with Gasteiger partial charge in [0.25, 0.3) is 5.91 Å². The van der Waals surface area contributed by atoms with Gasteiger partial charge in [0.2, 0.25) is 0 Å². The second-order valence-corrected chi connectivity index (χ2v) is 6.09. The molecule has 0 aromatic carbocycles. The van der Waals surface area contributed by atoms with Crippen molar-refractivity contribution >= 4 is 5.91 Å². The van der Waals surface area contributed by atoms with Gasteiger partial charge in [-0.3, -0.25) is 9.48 Å². The Balaban J connectivity index is 1.54. The molecule has 1 amide bonds.